The predicted molar refractivity (Wildman–Crippen MR) is 116 cm³/mol. The van der Waals surface area contributed by atoms with E-state index in [1.54, 1.807) is 18.3 Å². The summed E-state index contributed by atoms with van der Waals surface area (Å²) in [5.41, 5.74) is -0.217. The number of halogens is 2. The Kier molecular flexibility index (Phi) is 6.20. The quantitative estimate of drug-likeness (QED) is 0.701. The summed E-state index contributed by atoms with van der Waals surface area (Å²) in [6.07, 6.45) is 3.27. The summed E-state index contributed by atoms with van der Waals surface area (Å²) in [6, 6.07) is 4.56. The molecular formula is C22H25ClFN3O4. The van der Waals surface area contributed by atoms with E-state index in [9.17, 15) is 14.3 Å². The zero-order valence-electron chi connectivity index (χ0n) is 17.3. The Morgan fingerprint density at radius 1 is 1.29 bits per heavy atom. The van der Waals surface area contributed by atoms with E-state index >= 15 is 0 Å². The van der Waals surface area contributed by atoms with Gasteiger partial charge in [0.05, 0.1) is 23.5 Å². The van der Waals surface area contributed by atoms with Crippen molar-refractivity contribution in [2.24, 2.45) is 0 Å². The maximum atomic E-state index is 14.1. The first-order valence-electron chi connectivity index (χ1n) is 10.4. The van der Waals surface area contributed by atoms with Crippen molar-refractivity contribution in [3.8, 4) is 11.5 Å². The van der Waals surface area contributed by atoms with Crippen LogP contribution in [0.4, 0.5) is 15.9 Å². The molecule has 2 aliphatic rings. The fourth-order valence-corrected chi connectivity index (χ4v) is 4.22. The molecule has 2 N–H and O–H groups in total. The first kappa shape index (κ1) is 21.6. The molecule has 4 rings (SSSR count). The van der Waals surface area contributed by atoms with Crippen LogP contribution >= 0.6 is 11.6 Å². The van der Waals surface area contributed by atoms with Crippen molar-refractivity contribution in [3.05, 3.63) is 40.8 Å². The second-order valence-electron chi connectivity index (χ2n) is 7.86. The van der Waals surface area contributed by atoms with Gasteiger partial charge in [-0.15, -0.1) is 0 Å². The van der Waals surface area contributed by atoms with Crippen molar-refractivity contribution in [3.63, 3.8) is 0 Å². The third kappa shape index (κ3) is 4.70. The molecule has 0 atom stereocenters. The molecule has 166 valence electrons. The van der Waals surface area contributed by atoms with Crippen molar-refractivity contribution in [2.75, 3.05) is 36.5 Å². The highest BCUT2D eigenvalue weighted by Crippen LogP contribution is 2.35. The third-order valence-corrected chi connectivity index (χ3v) is 5.96. The molecule has 0 aliphatic carbocycles. The normalized spacial score (nSPS) is 17.7. The van der Waals surface area contributed by atoms with Crippen LogP contribution in [-0.2, 0) is 11.2 Å². The fourth-order valence-electron chi connectivity index (χ4n) is 3.94. The van der Waals surface area contributed by atoms with Crippen molar-refractivity contribution in [2.45, 2.75) is 38.2 Å². The van der Waals surface area contributed by atoms with Gasteiger partial charge in [-0.05, 0) is 38.3 Å². The second kappa shape index (κ2) is 8.88. The molecule has 1 amide bonds. The molecule has 7 nitrogen and oxygen atoms in total. The van der Waals surface area contributed by atoms with Crippen molar-refractivity contribution >= 4 is 29.0 Å². The molecule has 0 unspecified atom stereocenters. The van der Waals surface area contributed by atoms with Gasteiger partial charge in [0.2, 0.25) is 5.91 Å². The lowest BCUT2D eigenvalue weighted by molar-refractivity contribution is -0.116. The first-order valence-corrected chi connectivity index (χ1v) is 10.8. The monoisotopic (exact) mass is 449 g/mol. The molecule has 3 heterocycles. The SMILES string of the molecule is CCOc1cnc(N2CCC(O)(COc3ccc(F)c4c3CCC(=O)N4)CC2)c(Cl)c1. The lowest BCUT2D eigenvalue weighted by Gasteiger charge is -2.38. The Hall–Kier alpha value is -2.58. The highest BCUT2D eigenvalue weighted by atomic mass is 35.5. The van der Waals surface area contributed by atoms with E-state index in [2.05, 4.69) is 10.3 Å². The zero-order chi connectivity index (χ0) is 22.0. The molecule has 0 radical (unpaired) electrons. The number of piperidine rings is 1. The smallest absolute Gasteiger partial charge is 0.224 e. The number of amides is 1. The number of nitrogens with zero attached hydrogens (tertiary/aromatic N) is 2. The van der Waals surface area contributed by atoms with Gasteiger partial charge in [-0.2, -0.15) is 0 Å². The van der Waals surface area contributed by atoms with Crippen LogP contribution in [0.25, 0.3) is 0 Å². The Morgan fingerprint density at radius 3 is 2.77 bits per heavy atom. The number of aromatic nitrogens is 1. The van der Waals surface area contributed by atoms with Gasteiger partial charge in [0, 0.05) is 31.1 Å². The highest BCUT2D eigenvalue weighted by molar-refractivity contribution is 6.33. The van der Waals surface area contributed by atoms with Crippen LogP contribution in [0.5, 0.6) is 11.5 Å². The molecular weight excluding hydrogens is 425 g/mol. The number of carbonyl (C=O) groups excluding carboxylic acids is 1. The van der Waals surface area contributed by atoms with Crippen molar-refractivity contribution < 1.29 is 23.8 Å². The predicted octanol–water partition coefficient (Wildman–Crippen LogP) is 3.57. The van der Waals surface area contributed by atoms with E-state index in [1.165, 1.54) is 6.07 Å². The average Bonchev–Trinajstić information content (AvgIpc) is 2.75. The Labute approximate surface area is 185 Å². The van der Waals surface area contributed by atoms with Gasteiger partial charge in [0.1, 0.15) is 35.3 Å². The summed E-state index contributed by atoms with van der Waals surface area (Å²) in [5.74, 6) is 1.08. The molecule has 2 aliphatic heterocycles. The minimum Gasteiger partial charge on any atom is -0.492 e. The summed E-state index contributed by atoms with van der Waals surface area (Å²) in [7, 11) is 0. The Balaban J connectivity index is 1.39. The van der Waals surface area contributed by atoms with Gasteiger partial charge in [-0.3, -0.25) is 4.79 Å². The number of hydrogen-bond donors (Lipinski definition) is 2. The van der Waals surface area contributed by atoms with E-state index in [-0.39, 0.29) is 24.6 Å². The van der Waals surface area contributed by atoms with E-state index in [0.717, 1.165) is 0 Å². The van der Waals surface area contributed by atoms with Crippen LogP contribution in [0, 0.1) is 5.82 Å². The molecule has 1 aromatic heterocycles. The molecule has 0 saturated carbocycles. The molecule has 0 spiro atoms. The van der Waals surface area contributed by atoms with Crippen LogP contribution in [0.15, 0.2) is 24.4 Å². The number of benzene rings is 1. The number of nitrogens with one attached hydrogen (secondary N) is 1. The minimum absolute atomic E-state index is 0.0807. The first-order chi connectivity index (χ1) is 14.9. The number of aliphatic hydroxyl groups is 1. The highest BCUT2D eigenvalue weighted by Gasteiger charge is 2.35. The van der Waals surface area contributed by atoms with Crippen LogP contribution in [0.3, 0.4) is 0 Å². The topological polar surface area (TPSA) is 83.9 Å². The van der Waals surface area contributed by atoms with Gasteiger partial charge >= 0.3 is 0 Å². The lowest BCUT2D eigenvalue weighted by atomic mass is 9.92. The minimum atomic E-state index is -1.02. The van der Waals surface area contributed by atoms with Crippen LogP contribution in [0.2, 0.25) is 5.02 Å². The number of ether oxygens (including phenoxy) is 2. The van der Waals surface area contributed by atoms with E-state index in [0.29, 0.717) is 66.9 Å². The summed E-state index contributed by atoms with van der Waals surface area (Å²) in [4.78, 5) is 18.0. The van der Waals surface area contributed by atoms with Gasteiger partial charge < -0.3 is 24.8 Å². The molecule has 1 aromatic carbocycles. The van der Waals surface area contributed by atoms with Crippen LogP contribution in [0.1, 0.15) is 31.7 Å². The summed E-state index contributed by atoms with van der Waals surface area (Å²) < 4.78 is 25.4. The van der Waals surface area contributed by atoms with Gasteiger partial charge in [-0.25, -0.2) is 9.37 Å². The second-order valence-corrected chi connectivity index (χ2v) is 8.26. The number of hydrogen-bond acceptors (Lipinski definition) is 6. The zero-order valence-corrected chi connectivity index (χ0v) is 18.0. The Bertz CT molecular complexity index is 979. The van der Waals surface area contributed by atoms with E-state index in [1.807, 2.05) is 11.8 Å². The molecule has 9 heteroatoms. The van der Waals surface area contributed by atoms with Gasteiger partial charge in [0.25, 0.3) is 0 Å². The average molecular weight is 450 g/mol. The standard InChI is InChI=1S/C22H25ClFN3O4/c1-2-30-14-11-16(23)21(25-12-14)27-9-7-22(29,8-10-27)13-31-18-5-4-17(24)20-15(18)3-6-19(28)26-20/h4-5,11-12,29H,2-3,6-10,13H2,1H3,(H,26,28). The van der Waals surface area contributed by atoms with E-state index in [4.69, 9.17) is 21.1 Å². The Morgan fingerprint density at radius 2 is 2.06 bits per heavy atom. The van der Waals surface area contributed by atoms with Gasteiger partial charge in [0.15, 0.2) is 0 Å². The van der Waals surface area contributed by atoms with E-state index < -0.39 is 11.4 Å². The molecule has 1 fully saturated rings. The number of rotatable bonds is 6. The molecule has 31 heavy (non-hydrogen) atoms. The summed E-state index contributed by atoms with van der Waals surface area (Å²) >= 11 is 6.37. The maximum Gasteiger partial charge on any atom is 0.224 e. The molecule has 0 bridgehead atoms. The van der Waals surface area contributed by atoms with Crippen LogP contribution in [-0.4, -0.2) is 47.9 Å². The number of anilines is 2. The van der Waals surface area contributed by atoms with Crippen molar-refractivity contribution in [1.82, 2.24) is 4.98 Å². The fraction of sp³-hybridized carbons (Fsp3) is 0.455. The number of pyridine rings is 1. The van der Waals surface area contributed by atoms with Crippen molar-refractivity contribution in [1.29, 1.82) is 0 Å². The lowest BCUT2D eigenvalue weighted by Crippen LogP contribution is -2.48. The largest absolute Gasteiger partial charge is 0.492 e. The molecule has 1 saturated heterocycles. The number of carbonyl (C=O) groups is 1. The number of fused-ring (bicyclic) bond motifs is 1. The van der Waals surface area contributed by atoms with Crippen LogP contribution < -0.4 is 19.7 Å². The third-order valence-electron chi connectivity index (χ3n) is 5.68. The summed E-state index contributed by atoms with van der Waals surface area (Å²) in [5, 5.41) is 14.1. The maximum absolute atomic E-state index is 14.1. The summed E-state index contributed by atoms with van der Waals surface area (Å²) in [6.45, 7) is 3.65. The molecule has 2 aromatic rings. The van der Waals surface area contributed by atoms with Gasteiger partial charge in [-0.1, -0.05) is 11.6 Å².